The third-order valence-electron chi connectivity index (χ3n) is 4.02. The van der Waals surface area contributed by atoms with Crippen LogP contribution in [0.1, 0.15) is 52.0 Å². The highest BCUT2D eigenvalue weighted by atomic mass is 16.3. The second-order valence-corrected chi connectivity index (χ2v) is 6.22. The number of rotatable bonds is 6. The van der Waals surface area contributed by atoms with Crippen molar-refractivity contribution in [3.63, 3.8) is 0 Å². The van der Waals surface area contributed by atoms with Gasteiger partial charge in [0, 0.05) is 25.0 Å². The van der Waals surface area contributed by atoms with Crippen molar-refractivity contribution in [1.29, 1.82) is 0 Å². The fraction of sp³-hybridized carbons (Fsp3) is 0.625. The molecule has 0 aliphatic carbocycles. The Bertz CT molecular complexity index is 489. The van der Waals surface area contributed by atoms with Crippen LogP contribution in [0, 0.1) is 0 Å². The number of carbonyl (C=O) groups is 1. The van der Waals surface area contributed by atoms with Crippen molar-refractivity contribution >= 4 is 11.6 Å². The summed E-state index contributed by atoms with van der Waals surface area (Å²) in [5.74, 6) is -0.0790. The van der Waals surface area contributed by atoms with Gasteiger partial charge in [-0.05, 0) is 53.7 Å². The molecule has 0 saturated carbocycles. The average Bonchev–Trinajstić information content (AvgIpc) is 2.38. The van der Waals surface area contributed by atoms with Crippen LogP contribution in [0.3, 0.4) is 0 Å². The highest BCUT2D eigenvalue weighted by molar-refractivity contribution is 5.93. The Hall–Kier alpha value is -1.62. The van der Waals surface area contributed by atoms with Crippen LogP contribution in [0.2, 0.25) is 0 Å². The van der Waals surface area contributed by atoms with E-state index in [4.69, 9.17) is 0 Å². The number of pyridine rings is 1. The second kappa shape index (κ2) is 6.43. The van der Waals surface area contributed by atoms with Gasteiger partial charge in [-0.1, -0.05) is 0 Å². The molecule has 0 saturated heterocycles. The Morgan fingerprint density at radius 2 is 1.86 bits per heavy atom. The molecule has 1 rings (SSSR count). The van der Waals surface area contributed by atoms with Crippen molar-refractivity contribution in [2.24, 2.45) is 0 Å². The lowest BCUT2D eigenvalue weighted by Crippen LogP contribution is -2.51. The number of nitrogens with zero attached hydrogens (tertiary/aromatic N) is 2. The zero-order valence-corrected chi connectivity index (χ0v) is 13.9. The minimum absolute atomic E-state index is 0.0790. The summed E-state index contributed by atoms with van der Waals surface area (Å²) in [6.07, 6.45) is 1.61. The van der Waals surface area contributed by atoms with Gasteiger partial charge in [0.25, 0.3) is 5.91 Å². The fourth-order valence-corrected chi connectivity index (χ4v) is 1.81. The molecule has 5 heteroatoms. The quantitative estimate of drug-likeness (QED) is 0.846. The molecule has 0 atom stereocenters. The molecular formula is C16H27N3O2. The molecular weight excluding hydrogens is 266 g/mol. The van der Waals surface area contributed by atoms with Gasteiger partial charge in [-0.15, -0.1) is 0 Å². The van der Waals surface area contributed by atoms with Gasteiger partial charge in [0.2, 0.25) is 0 Å². The summed E-state index contributed by atoms with van der Waals surface area (Å²) in [7, 11) is 0. The van der Waals surface area contributed by atoms with Crippen molar-refractivity contribution in [2.75, 3.05) is 18.4 Å². The summed E-state index contributed by atoms with van der Waals surface area (Å²) in [6, 6.07) is 3.53. The number of hydrogen-bond donors (Lipinski definition) is 2. The monoisotopic (exact) mass is 293 g/mol. The molecule has 1 aromatic rings. The smallest absolute Gasteiger partial charge is 0.272 e. The maximum atomic E-state index is 12.3. The summed E-state index contributed by atoms with van der Waals surface area (Å²) in [5.41, 5.74) is -0.258. The molecule has 0 spiro atoms. The van der Waals surface area contributed by atoms with E-state index in [0.717, 1.165) is 5.69 Å². The van der Waals surface area contributed by atoms with Crippen LogP contribution in [-0.2, 0) is 0 Å². The Morgan fingerprint density at radius 3 is 2.33 bits per heavy atom. The lowest BCUT2D eigenvalue weighted by atomic mass is 9.86. The number of nitrogens with one attached hydrogen (secondary N) is 1. The first kappa shape index (κ1) is 17.4. The molecule has 0 aliphatic rings. The predicted octanol–water partition coefficient (Wildman–Crippen LogP) is 2.53. The molecule has 5 nitrogen and oxygen atoms in total. The van der Waals surface area contributed by atoms with Gasteiger partial charge >= 0.3 is 0 Å². The van der Waals surface area contributed by atoms with Crippen LogP contribution in [0.4, 0.5) is 5.69 Å². The SMILES string of the molecule is CCN(CC)C(=O)c1cc(NC(C)(C)C(C)(C)O)ccn1. The number of anilines is 1. The van der Waals surface area contributed by atoms with E-state index in [1.807, 2.05) is 27.7 Å². The molecule has 1 amide bonds. The molecule has 0 aliphatic heterocycles. The first-order valence-electron chi connectivity index (χ1n) is 7.38. The number of amides is 1. The molecule has 0 bridgehead atoms. The van der Waals surface area contributed by atoms with E-state index in [0.29, 0.717) is 18.8 Å². The third-order valence-corrected chi connectivity index (χ3v) is 4.02. The van der Waals surface area contributed by atoms with Crippen LogP contribution in [0.25, 0.3) is 0 Å². The van der Waals surface area contributed by atoms with Crippen LogP contribution >= 0.6 is 0 Å². The highest BCUT2D eigenvalue weighted by Crippen LogP contribution is 2.26. The number of carbonyl (C=O) groups excluding carboxylic acids is 1. The van der Waals surface area contributed by atoms with E-state index >= 15 is 0 Å². The molecule has 118 valence electrons. The second-order valence-electron chi connectivity index (χ2n) is 6.22. The zero-order chi connectivity index (χ0) is 16.3. The maximum Gasteiger partial charge on any atom is 0.272 e. The molecule has 1 aromatic heterocycles. The lowest BCUT2D eigenvalue weighted by Gasteiger charge is -2.39. The summed E-state index contributed by atoms with van der Waals surface area (Å²) in [4.78, 5) is 18.2. The molecule has 21 heavy (non-hydrogen) atoms. The average molecular weight is 293 g/mol. The van der Waals surface area contributed by atoms with Gasteiger partial charge in [0.15, 0.2) is 0 Å². The van der Waals surface area contributed by atoms with Crippen LogP contribution < -0.4 is 5.32 Å². The van der Waals surface area contributed by atoms with E-state index in [2.05, 4.69) is 10.3 Å². The first-order chi connectivity index (χ1) is 9.62. The van der Waals surface area contributed by atoms with Crippen molar-refractivity contribution < 1.29 is 9.90 Å². The topological polar surface area (TPSA) is 65.5 Å². The molecule has 1 heterocycles. The van der Waals surface area contributed by atoms with E-state index in [1.165, 1.54) is 0 Å². The Morgan fingerprint density at radius 1 is 1.29 bits per heavy atom. The lowest BCUT2D eigenvalue weighted by molar-refractivity contribution is 0.0240. The summed E-state index contributed by atoms with van der Waals surface area (Å²) in [6.45, 7) is 12.5. The molecule has 0 unspecified atom stereocenters. The molecule has 0 fully saturated rings. The summed E-state index contributed by atoms with van der Waals surface area (Å²) >= 11 is 0. The van der Waals surface area contributed by atoms with Gasteiger partial charge < -0.3 is 15.3 Å². The fourth-order valence-electron chi connectivity index (χ4n) is 1.81. The van der Waals surface area contributed by atoms with E-state index in [1.54, 1.807) is 37.1 Å². The zero-order valence-electron chi connectivity index (χ0n) is 13.9. The normalized spacial score (nSPS) is 12.1. The Balaban J connectivity index is 2.99. The standard InChI is InChI=1S/C16H27N3O2/c1-7-19(8-2)14(20)13-11-12(9-10-17-13)18-15(3,4)16(5,6)21/h9-11,21H,7-8H2,1-6H3,(H,17,18). The third kappa shape index (κ3) is 4.17. The van der Waals surface area contributed by atoms with Crippen LogP contribution in [-0.4, -0.2) is 45.1 Å². The van der Waals surface area contributed by atoms with Crippen LogP contribution in [0.5, 0.6) is 0 Å². The van der Waals surface area contributed by atoms with E-state index in [-0.39, 0.29) is 5.91 Å². The van der Waals surface area contributed by atoms with E-state index < -0.39 is 11.1 Å². The van der Waals surface area contributed by atoms with Crippen molar-refractivity contribution in [2.45, 2.75) is 52.7 Å². The first-order valence-corrected chi connectivity index (χ1v) is 7.38. The predicted molar refractivity (Wildman–Crippen MR) is 85.5 cm³/mol. The molecule has 0 radical (unpaired) electrons. The number of aliphatic hydroxyl groups is 1. The minimum atomic E-state index is -0.903. The van der Waals surface area contributed by atoms with E-state index in [9.17, 15) is 9.90 Å². The highest BCUT2D eigenvalue weighted by Gasteiger charge is 2.35. The van der Waals surface area contributed by atoms with Crippen molar-refractivity contribution in [3.8, 4) is 0 Å². The van der Waals surface area contributed by atoms with Gasteiger partial charge in [-0.3, -0.25) is 9.78 Å². The van der Waals surface area contributed by atoms with Gasteiger partial charge in [-0.2, -0.15) is 0 Å². The maximum absolute atomic E-state index is 12.3. The molecule has 2 N–H and O–H groups in total. The van der Waals surface area contributed by atoms with Crippen molar-refractivity contribution in [3.05, 3.63) is 24.0 Å². The number of aromatic nitrogens is 1. The minimum Gasteiger partial charge on any atom is -0.388 e. The summed E-state index contributed by atoms with van der Waals surface area (Å²) in [5, 5.41) is 13.5. The Kier molecular flexibility index (Phi) is 5.34. The molecule has 0 aromatic carbocycles. The number of hydrogen-bond acceptors (Lipinski definition) is 4. The van der Waals surface area contributed by atoms with Gasteiger partial charge in [-0.25, -0.2) is 0 Å². The largest absolute Gasteiger partial charge is 0.388 e. The van der Waals surface area contributed by atoms with Gasteiger partial charge in [0.1, 0.15) is 5.69 Å². The van der Waals surface area contributed by atoms with Crippen LogP contribution in [0.15, 0.2) is 18.3 Å². The van der Waals surface area contributed by atoms with Gasteiger partial charge in [0.05, 0.1) is 11.1 Å². The summed E-state index contributed by atoms with van der Waals surface area (Å²) < 4.78 is 0. The Labute approximate surface area is 127 Å². The van der Waals surface area contributed by atoms with Crippen molar-refractivity contribution in [1.82, 2.24) is 9.88 Å².